The number of hydrogen-bond donors (Lipinski definition) is 1. The fourth-order valence-corrected chi connectivity index (χ4v) is 3.47. The van der Waals surface area contributed by atoms with Crippen LogP contribution in [0.2, 0.25) is 10.0 Å². The minimum absolute atomic E-state index is 0.0514. The molecule has 0 saturated heterocycles. The van der Waals surface area contributed by atoms with Gasteiger partial charge in [-0.2, -0.15) is 0 Å². The Kier molecular flexibility index (Phi) is 3.53. The van der Waals surface area contributed by atoms with Gasteiger partial charge < -0.3 is 5.32 Å². The van der Waals surface area contributed by atoms with Crippen LogP contribution in [-0.2, 0) is 0 Å². The molecule has 2 aliphatic rings. The predicted molar refractivity (Wildman–Crippen MR) is 77.2 cm³/mol. The van der Waals surface area contributed by atoms with E-state index in [0.717, 1.165) is 18.0 Å². The van der Waals surface area contributed by atoms with E-state index in [1.807, 2.05) is 6.92 Å². The number of nitrogens with one attached hydrogen (secondary N) is 1. The van der Waals surface area contributed by atoms with Gasteiger partial charge in [0.25, 0.3) is 0 Å². The molecule has 19 heavy (non-hydrogen) atoms. The summed E-state index contributed by atoms with van der Waals surface area (Å²) in [7, 11) is 0. The van der Waals surface area contributed by atoms with Crippen LogP contribution < -0.4 is 5.32 Å². The van der Waals surface area contributed by atoms with Crippen molar-refractivity contribution >= 4 is 23.2 Å². The van der Waals surface area contributed by atoms with Gasteiger partial charge in [0.05, 0.1) is 5.02 Å². The topological polar surface area (TPSA) is 12.0 Å². The first-order valence-electron chi connectivity index (χ1n) is 6.90. The van der Waals surface area contributed by atoms with E-state index < -0.39 is 5.82 Å². The van der Waals surface area contributed by atoms with Gasteiger partial charge in [0, 0.05) is 17.6 Å². The summed E-state index contributed by atoms with van der Waals surface area (Å²) in [5.74, 6) is 0.516. The molecule has 1 atom stereocenters. The van der Waals surface area contributed by atoms with Crippen molar-refractivity contribution in [2.24, 2.45) is 11.3 Å². The fraction of sp³-hybridized carbons (Fsp3) is 0.600. The molecule has 1 aromatic carbocycles. The van der Waals surface area contributed by atoms with Crippen molar-refractivity contribution in [2.75, 3.05) is 6.54 Å². The summed E-state index contributed by atoms with van der Waals surface area (Å²) in [6, 6.07) is 2.98. The van der Waals surface area contributed by atoms with E-state index in [9.17, 15) is 4.39 Å². The largest absolute Gasteiger partial charge is 0.310 e. The highest BCUT2D eigenvalue weighted by molar-refractivity contribution is 6.35. The van der Waals surface area contributed by atoms with Crippen LogP contribution in [0.25, 0.3) is 0 Å². The van der Waals surface area contributed by atoms with Crippen molar-refractivity contribution in [3.63, 3.8) is 0 Å². The van der Waals surface area contributed by atoms with Crippen LogP contribution in [0.3, 0.4) is 0 Å². The Morgan fingerprint density at radius 1 is 1.32 bits per heavy atom. The molecule has 0 amide bonds. The number of rotatable bonds is 5. The summed E-state index contributed by atoms with van der Waals surface area (Å²) in [5.41, 5.74) is 1.32. The van der Waals surface area contributed by atoms with Crippen LogP contribution in [0.5, 0.6) is 0 Å². The second-order valence-electron chi connectivity index (χ2n) is 6.03. The number of benzene rings is 1. The molecule has 104 valence electrons. The molecule has 0 aromatic heterocycles. The Morgan fingerprint density at radius 3 is 2.58 bits per heavy atom. The van der Waals surface area contributed by atoms with Crippen LogP contribution in [0.4, 0.5) is 4.39 Å². The van der Waals surface area contributed by atoms with Crippen LogP contribution >= 0.6 is 23.2 Å². The molecular formula is C15H18Cl2FN. The molecule has 0 aliphatic heterocycles. The van der Waals surface area contributed by atoms with E-state index in [4.69, 9.17) is 23.2 Å². The second kappa shape index (κ2) is 4.91. The Labute approximate surface area is 123 Å². The van der Waals surface area contributed by atoms with Crippen molar-refractivity contribution < 1.29 is 4.39 Å². The van der Waals surface area contributed by atoms with Crippen molar-refractivity contribution in [3.8, 4) is 0 Å². The first-order valence-corrected chi connectivity index (χ1v) is 7.65. The van der Waals surface area contributed by atoms with Gasteiger partial charge in [-0.3, -0.25) is 0 Å². The van der Waals surface area contributed by atoms with Crippen molar-refractivity contribution in [1.29, 1.82) is 0 Å². The maximum Gasteiger partial charge on any atom is 0.142 e. The lowest BCUT2D eigenvalue weighted by Crippen LogP contribution is -2.28. The Morgan fingerprint density at radius 2 is 2.00 bits per heavy atom. The SMILES string of the molecule is CC(NCC1(C2CC2)CC1)c1cc(F)c(Cl)cc1Cl. The minimum Gasteiger partial charge on any atom is -0.310 e. The lowest BCUT2D eigenvalue weighted by Gasteiger charge is -2.21. The summed E-state index contributed by atoms with van der Waals surface area (Å²) in [6.45, 7) is 3.04. The van der Waals surface area contributed by atoms with E-state index in [-0.39, 0.29) is 11.1 Å². The molecule has 0 bridgehead atoms. The molecule has 0 spiro atoms. The van der Waals surface area contributed by atoms with Gasteiger partial charge in [-0.15, -0.1) is 0 Å². The molecule has 1 nitrogen and oxygen atoms in total. The third-order valence-corrected chi connectivity index (χ3v) is 5.22. The van der Waals surface area contributed by atoms with Gasteiger partial charge in [0.15, 0.2) is 0 Å². The zero-order valence-electron chi connectivity index (χ0n) is 11.0. The molecular weight excluding hydrogens is 284 g/mol. The maximum absolute atomic E-state index is 13.5. The number of hydrogen-bond acceptors (Lipinski definition) is 1. The molecule has 1 unspecified atom stereocenters. The van der Waals surface area contributed by atoms with Crippen molar-refractivity contribution in [3.05, 3.63) is 33.6 Å². The highest BCUT2D eigenvalue weighted by atomic mass is 35.5. The average Bonchev–Trinajstić information content (AvgIpc) is 3.23. The van der Waals surface area contributed by atoms with Gasteiger partial charge in [-0.1, -0.05) is 23.2 Å². The predicted octanol–water partition coefficient (Wildman–Crippen LogP) is 4.97. The molecule has 0 radical (unpaired) electrons. The van der Waals surface area contributed by atoms with Crippen molar-refractivity contribution in [1.82, 2.24) is 5.32 Å². The van der Waals surface area contributed by atoms with E-state index in [1.54, 1.807) is 0 Å². The molecule has 4 heteroatoms. The normalized spacial score (nSPS) is 22.3. The first-order chi connectivity index (χ1) is 9.02. The van der Waals surface area contributed by atoms with Crippen molar-refractivity contribution in [2.45, 2.75) is 38.6 Å². The fourth-order valence-electron chi connectivity index (χ4n) is 2.92. The third-order valence-electron chi connectivity index (χ3n) is 4.60. The monoisotopic (exact) mass is 301 g/mol. The summed E-state index contributed by atoms with van der Waals surface area (Å²) in [4.78, 5) is 0. The standard InChI is InChI=1S/C15H18Cl2FN/c1-9(11-6-14(18)13(17)7-12(11)16)19-8-15(4-5-15)10-2-3-10/h6-7,9-10,19H,2-5,8H2,1H3. The van der Waals surface area contributed by atoms with Gasteiger partial charge in [0.1, 0.15) is 5.82 Å². The highest BCUT2D eigenvalue weighted by Gasteiger charge is 2.53. The van der Waals surface area contributed by atoms with E-state index >= 15 is 0 Å². The third kappa shape index (κ3) is 2.76. The second-order valence-corrected chi connectivity index (χ2v) is 6.84. The average molecular weight is 302 g/mol. The van der Waals surface area contributed by atoms with E-state index in [2.05, 4.69) is 5.32 Å². The molecule has 2 aliphatic carbocycles. The molecule has 2 saturated carbocycles. The molecule has 2 fully saturated rings. The highest BCUT2D eigenvalue weighted by Crippen LogP contribution is 2.61. The number of halogens is 3. The minimum atomic E-state index is -0.405. The molecule has 1 N–H and O–H groups in total. The van der Waals surface area contributed by atoms with E-state index in [1.165, 1.54) is 37.8 Å². The maximum atomic E-state index is 13.5. The zero-order chi connectivity index (χ0) is 13.6. The Balaban J connectivity index is 1.66. The summed E-state index contributed by atoms with van der Waals surface area (Å²) >= 11 is 11.9. The quantitative estimate of drug-likeness (QED) is 0.757. The van der Waals surface area contributed by atoms with Gasteiger partial charge in [0.2, 0.25) is 0 Å². The molecule has 0 heterocycles. The van der Waals surface area contributed by atoms with Crippen LogP contribution in [-0.4, -0.2) is 6.54 Å². The van der Waals surface area contributed by atoms with Gasteiger partial charge in [-0.25, -0.2) is 4.39 Å². The van der Waals surface area contributed by atoms with Crippen LogP contribution in [0, 0.1) is 17.2 Å². The van der Waals surface area contributed by atoms with Crippen LogP contribution in [0.15, 0.2) is 12.1 Å². The summed E-state index contributed by atoms with van der Waals surface area (Å²) < 4.78 is 13.5. The van der Waals surface area contributed by atoms with Crippen LogP contribution in [0.1, 0.15) is 44.2 Å². The van der Waals surface area contributed by atoms with Gasteiger partial charge >= 0.3 is 0 Å². The smallest absolute Gasteiger partial charge is 0.142 e. The lowest BCUT2D eigenvalue weighted by molar-refractivity contribution is 0.381. The first kappa shape index (κ1) is 13.7. The molecule has 3 rings (SSSR count). The Bertz CT molecular complexity index is 495. The van der Waals surface area contributed by atoms with E-state index in [0.29, 0.717) is 10.4 Å². The zero-order valence-corrected chi connectivity index (χ0v) is 12.5. The summed E-state index contributed by atoms with van der Waals surface area (Å²) in [6.07, 6.45) is 5.43. The molecule has 1 aromatic rings. The summed E-state index contributed by atoms with van der Waals surface area (Å²) in [5, 5.41) is 4.13. The Hall–Kier alpha value is -0.310. The lowest BCUT2D eigenvalue weighted by atomic mass is 9.99. The van der Waals surface area contributed by atoms with Gasteiger partial charge in [-0.05, 0) is 61.6 Å².